The second kappa shape index (κ2) is 9.86. The topological polar surface area (TPSA) is 92.5 Å². The van der Waals surface area contributed by atoms with Crippen molar-refractivity contribution in [2.24, 2.45) is 12.0 Å². The van der Waals surface area contributed by atoms with Crippen LogP contribution >= 0.6 is 24.0 Å². The van der Waals surface area contributed by atoms with Crippen LogP contribution in [0.4, 0.5) is 0 Å². The highest BCUT2D eigenvalue weighted by atomic mass is 127. The lowest BCUT2D eigenvalue weighted by Gasteiger charge is -2.21. The summed E-state index contributed by atoms with van der Waals surface area (Å²) in [5, 5.41) is 7.35. The summed E-state index contributed by atoms with van der Waals surface area (Å²) in [6.07, 6.45) is 3.50. The molecule has 0 amide bonds. The molecule has 2 rings (SSSR count). The highest BCUT2D eigenvalue weighted by Gasteiger charge is 2.10. The molecule has 0 spiro atoms. The van der Waals surface area contributed by atoms with Crippen molar-refractivity contribution in [1.82, 2.24) is 25.0 Å². The zero-order valence-corrected chi connectivity index (χ0v) is 18.5. The molecular weight excluding hydrogens is 467 g/mol. The second-order valence-electron chi connectivity index (χ2n) is 5.80. The van der Waals surface area contributed by atoms with Gasteiger partial charge >= 0.3 is 0 Å². The number of aliphatic imine (C=N–C) groups is 1. The monoisotopic (exact) mass is 492 g/mol. The molecule has 0 saturated carbocycles. The first-order valence-electron chi connectivity index (χ1n) is 7.85. The first kappa shape index (κ1) is 22.4. The first-order chi connectivity index (χ1) is 11.8. The van der Waals surface area contributed by atoms with E-state index in [9.17, 15) is 8.42 Å². The molecule has 0 saturated heterocycles. The molecule has 0 aliphatic carbocycles. The minimum absolute atomic E-state index is 0. The SMILES string of the molecule is CN=C(NCCc1ccc(S(C)(=O)=O)cc1)N(C)Cc1ncnn1C.I. The van der Waals surface area contributed by atoms with Crippen LogP contribution < -0.4 is 5.32 Å². The van der Waals surface area contributed by atoms with E-state index >= 15 is 0 Å². The third-order valence-corrected chi connectivity index (χ3v) is 4.93. The van der Waals surface area contributed by atoms with E-state index in [1.165, 1.54) is 12.6 Å². The normalized spacial score (nSPS) is 11.8. The fraction of sp³-hybridized carbons (Fsp3) is 0.438. The quantitative estimate of drug-likeness (QED) is 0.369. The number of halogens is 1. The Morgan fingerprint density at radius 1 is 1.31 bits per heavy atom. The number of nitrogens with zero attached hydrogens (tertiary/aromatic N) is 5. The van der Waals surface area contributed by atoms with Crippen molar-refractivity contribution in [3.63, 3.8) is 0 Å². The third-order valence-electron chi connectivity index (χ3n) is 3.81. The Morgan fingerprint density at radius 3 is 2.46 bits per heavy atom. The Balaban J connectivity index is 0.00000338. The summed E-state index contributed by atoms with van der Waals surface area (Å²) in [5.74, 6) is 1.61. The maximum atomic E-state index is 11.5. The summed E-state index contributed by atoms with van der Waals surface area (Å²) < 4.78 is 24.7. The van der Waals surface area contributed by atoms with Gasteiger partial charge in [-0.15, -0.1) is 24.0 Å². The van der Waals surface area contributed by atoms with Gasteiger partial charge in [-0.1, -0.05) is 12.1 Å². The predicted molar refractivity (Wildman–Crippen MR) is 113 cm³/mol. The molecular formula is C16H25IN6O2S. The van der Waals surface area contributed by atoms with Crippen molar-refractivity contribution in [1.29, 1.82) is 0 Å². The van der Waals surface area contributed by atoms with Crippen molar-refractivity contribution in [3.05, 3.63) is 42.0 Å². The summed E-state index contributed by atoms with van der Waals surface area (Å²) in [5.41, 5.74) is 1.06. The molecule has 0 unspecified atom stereocenters. The van der Waals surface area contributed by atoms with Gasteiger partial charge in [-0.25, -0.2) is 13.4 Å². The number of guanidine groups is 1. The average molecular weight is 492 g/mol. The molecule has 144 valence electrons. The Hall–Kier alpha value is -1.69. The largest absolute Gasteiger partial charge is 0.356 e. The molecule has 10 heteroatoms. The van der Waals surface area contributed by atoms with Crippen LogP contribution in [0, 0.1) is 0 Å². The van der Waals surface area contributed by atoms with Gasteiger partial charge in [0.25, 0.3) is 0 Å². The number of aryl methyl sites for hydroxylation is 1. The van der Waals surface area contributed by atoms with Crippen LogP contribution in [-0.4, -0.2) is 60.9 Å². The predicted octanol–water partition coefficient (Wildman–Crippen LogP) is 1.09. The molecule has 2 aromatic rings. The van der Waals surface area contributed by atoms with Gasteiger partial charge in [0.05, 0.1) is 11.4 Å². The highest BCUT2D eigenvalue weighted by Crippen LogP contribution is 2.10. The summed E-state index contributed by atoms with van der Waals surface area (Å²) in [6, 6.07) is 6.95. The molecule has 0 aliphatic heterocycles. The van der Waals surface area contributed by atoms with E-state index in [-0.39, 0.29) is 24.0 Å². The van der Waals surface area contributed by atoms with Gasteiger partial charge in [0.15, 0.2) is 15.8 Å². The lowest BCUT2D eigenvalue weighted by molar-refractivity contribution is 0.449. The Labute approximate surface area is 171 Å². The fourth-order valence-corrected chi connectivity index (χ4v) is 2.99. The molecule has 0 aliphatic rings. The van der Waals surface area contributed by atoms with E-state index in [0.717, 1.165) is 23.8 Å². The zero-order valence-electron chi connectivity index (χ0n) is 15.4. The van der Waals surface area contributed by atoms with E-state index in [2.05, 4.69) is 20.4 Å². The number of hydrogen-bond donors (Lipinski definition) is 1. The van der Waals surface area contributed by atoms with E-state index in [1.54, 1.807) is 23.9 Å². The van der Waals surface area contributed by atoms with Crippen molar-refractivity contribution < 1.29 is 8.42 Å². The zero-order chi connectivity index (χ0) is 18.4. The van der Waals surface area contributed by atoms with E-state index in [1.807, 2.05) is 31.1 Å². The Bertz CT molecular complexity index is 833. The number of hydrogen-bond acceptors (Lipinski definition) is 5. The number of aromatic nitrogens is 3. The molecule has 0 fully saturated rings. The minimum atomic E-state index is -3.15. The van der Waals surface area contributed by atoms with Gasteiger partial charge in [-0.2, -0.15) is 5.10 Å². The standard InChI is InChI=1S/C16H24N6O2S.HI/c1-17-16(21(2)11-15-19-12-20-22(15)3)18-10-9-13-5-7-14(8-6-13)25(4,23)24;/h5-8,12H,9-11H2,1-4H3,(H,17,18);1H. The van der Waals surface area contributed by atoms with E-state index in [4.69, 9.17) is 0 Å². The van der Waals surface area contributed by atoms with Crippen LogP contribution in [0.15, 0.2) is 40.5 Å². The third kappa shape index (κ3) is 6.24. The van der Waals surface area contributed by atoms with Crippen LogP contribution in [0.3, 0.4) is 0 Å². The van der Waals surface area contributed by atoms with Gasteiger partial charge in [0.2, 0.25) is 0 Å². The van der Waals surface area contributed by atoms with Gasteiger partial charge in [-0.05, 0) is 24.1 Å². The molecule has 8 nitrogen and oxygen atoms in total. The van der Waals surface area contributed by atoms with Gasteiger partial charge in [0.1, 0.15) is 12.2 Å². The first-order valence-corrected chi connectivity index (χ1v) is 9.74. The van der Waals surface area contributed by atoms with E-state index in [0.29, 0.717) is 18.0 Å². The molecule has 1 aromatic heterocycles. The summed E-state index contributed by atoms with van der Waals surface area (Å²) in [6.45, 7) is 1.29. The number of benzene rings is 1. The molecule has 0 radical (unpaired) electrons. The second-order valence-corrected chi connectivity index (χ2v) is 7.81. The van der Waals surface area contributed by atoms with Crippen molar-refractivity contribution >= 4 is 39.8 Å². The summed E-state index contributed by atoms with van der Waals surface area (Å²) in [7, 11) is 2.37. The number of nitrogens with one attached hydrogen (secondary N) is 1. The molecule has 0 atom stereocenters. The summed E-state index contributed by atoms with van der Waals surface area (Å²) >= 11 is 0. The van der Waals surface area contributed by atoms with Crippen molar-refractivity contribution in [2.45, 2.75) is 17.9 Å². The van der Waals surface area contributed by atoms with Crippen molar-refractivity contribution in [3.8, 4) is 0 Å². The summed E-state index contributed by atoms with van der Waals surface area (Å²) in [4.78, 5) is 10.8. The average Bonchev–Trinajstić information content (AvgIpc) is 2.96. The maximum Gasteiger partial charge on any atom is 0.193 e. The van der Waals surface area contributed by atoms with Crippen molar-refractivity contribution in [2.75, 3.05) is 26.9 Å². The van der Waals surface area contributed by atoms with Gasteiger partial charge < -0.3 is 10.2 Å². The van der Waals surface area contributed by atoms with Crippen LogP contribution in [0.2, 0.25) is 0 Å². The van der Waals surface area contributed by atoms with E-state index < -0.39 is 9.84 Å². The van der Waals surface area contributed by atoms with Gasteiger partial charge in [0, 0.05) is 33.9 Å². The number of rotatable bonds is 6. The van der Waals surface area contributed by atoms with Crippen LogP contribution in [-0.2, 0) is 29.9 Å². The fourth-order valence-electron chi connectivity index (χ4n) is 2.36. The Kier molecular flexibility index (Phi) is 8.47. The van der Waals surface area contributed by atoms with Crippen LogP contribution in [0.5, 0.6) is 0 Å². The molecule has 1 aromatic carbocycles. The Morgan fingerprint density at radius 2 is 1.96 bits per heavy atom. The lowest BCUT2D eigenvalue weighted by atomic mass is 10.1. The number of sulfone groups is 1. The highest BCUT2D eigenvalue weighted by molar-refractivity contribution is 14.0. The molecule has 26 heavy (non-hydrogen) atoms. The smallest absolute Gasteiger partial charge is 0.193 e. The lowest BCUT2D eigenvalue weighted by Crippen LogP contribution is -2.39. The molecule has 1 N–H and O–H groups in total. The van der Waals surface area contributed by atoms with Crippen LogP contribution in [0.25, 0.3) is 0 Å². The molecule has 1 heterocycles. The van der Waals surface area contributed by atoms with Gasteiger partial charge in [-0.3, -0.25) is 9.67 Å². The molecule has 0 bridgehead atoms. The minimum Gasteiger partial charge on any atom is -0.356 e. The van der Waals surface area contributed by atoms with Crippen LogP contribution in [0.1, 0.15) is 11.4 Å². The maximum absolute atomic E-state index is 11.5.